The summed E-state index contributed by atoms with van der Waals surface area (Å²) in [4.78, 5) is 21.7. The van der Waals surface area contributed by atoms with Gasteiger partial charge in [0.1, 0.15) is 0 Å². The number of carbonyl (C=O) groups excluding carboxylic acids is 1. The number of aryl methyl sites for hydroxylation is 2. The minimum atomic E-state index is 0.0243. The molecule has 0 N–H and O–H groups in total. The SMILES string of the molecule is Cc1nn2c(C)c(C(=O)N3CCN(C)CC3)cnc2c1-c1ccc(Cl)cc1. The van der Waals surface area contributed by atoms with Crippen molar-refractivity contribution < 1.29 is 4.79 Å². The lowest BCUT2D eigenvalue weighted by molar-refractivity contribution is 0.0662. The van der Waals surface area contributed by atoms with E-state index in [1.165, 1.54) is 0 Å². The average Bonchev–Trinajstić information content (AvgIpc) is 3.00. The van der Waals surface area contributed by atoms with Crippen molar-refractivity contribution in [2.45, 2.75) is 13.8 Å². The van der Waals surface area contributed by atoms with E-state index in [1.807, 2.05) is 43.0 Å². The molecule has 0 aliphatic carbocycles. The summed E-state index contributed by atoms with van der Waals surface area (Å²) in [6, 6.07) is 7.65. The molecule has 1 aliphatic rings. The molecule has 4 rings (SSSR count). The fourth-order valence-corrected chi connectivity index (χ4v) is 3.67. The first kappa shape index (κ1) is 17.9. The van der Waals surface area contributed by atoms with Gasteiger partial charge in [-0.25, -0.2) is 9.50 Å². The lowest BCUT2D eigenvalue weighted by atomic mass is 10.1. The Morgan fingerprint density at radius 2 is 1.74 bits per heavy atom. The number of carbonyl (C=O) groups is 1. The number of fused-ring (bicyclic) bond motifs is 1. The molecule has 3 heterocycles. The number of aromatic nitrogens is 3. The molecule has 2 aromatic heterocycles. The third-order valence-corrected chi connectivity index (χ3v) is 5.47. The fourth-order valence-electron chi connectivity index (χ4n) is 3.55. The number of piperazine rings is 1. The summed E-state index contributed by atoms with van der Waals surface area (Å²) in [6.45, 7) is 7.14. The first-order chi connectivity index (χ1) is 13.0. The van der Waals surface area contributed by atoms with Crippen LogP contribution < -0.4 is 0 Å². The molecule has 27 heavy (non-hydrogen) atoms. The van der Waals surface area contributed by atoms with E-state index in [1.54, 1.807) is 10.7 Å². The number of hydrogen-bond acceptors (Lipinski definition) is 4. The summed E-state index contributed by atoms with van der Waals surface area (Å²) < 4.78 is 1.78. The van der Waals surface area contributed by atoms with Crippen LogP contribution in [0.15, 0.2) is 30.5 Å². The zero-order valence-electron chi connectivity index (χ0n) is 15.7. The van der Waals surface area contributed by atoms with E-state index < -0.39 is 0 Å². The van der Waals surface area contributed by atoms with Gasteiger partial charge in [-0.1, -0.05) is 23.7 Å². The van der Waals surface area contributed by atoms with E-state index in [9.17, 15) is 4.79 Å². The van der Waals surface area contributed by atoms with Gasteiger partial charge in [0.05, 0.1) is 17.0 Å². The molecule has 0 radical (unpaired) electrons. The summed E-state index contributed by atoms with van der Waals surface area (Å²) >= 11 is 6.01. The van der Waals surface area contributed by atoms with E-state index in [0.717, 1.165) is 54.3 Å². The monoisotopic (exact) mass is 383 g/mol. The highest BCUT2D eigenvalue weighted by molar-refractivity contribution is 6.30. The zero-order valence-corrected chi connectivity index (χ0v) is 16.5. The van der Waals surface area contributed by atoms with Gasteiger partial charge in [0.15, 0.2) is 5.65 Å². The lowest BCUT2D eigenvalue weighted by Gasteiger charge is -2.32. The summed E-state index contributed by atoms with van der Waals surface area (Å²) in [6.07, 6.45) is 1.69. The topological polar surface area (TPSA) is 53.7 Å². The van der Waals surface area contributed by atoms with Gasteiger partial charge in [0.2, 0.25) is 0 Å². The van der Waals surface area contributed by atoms with Gasteiger partial charge in [0.25, 0.3) is 5.91 Å². The molecule has 1 fully saturated rings. The number of rotatable bonds is 2. The lowest BCUT2D eigenvalue weighted by Crippen LogP contribution is -2.47. The van der Waals surface area contributed by atoms with Crippen molar-refractivity contribution in [2.75, 3.05) is 33.2 Å². The molecule has 0 atom stereocenters. The van der Waals surface area contributed by atoms with Crippen molar-refractivity contribution in [1.29, 1.82) is 0 Å². The fraction of sp³-hybridized carbons (Fsp3) is 0.350. The molecule has 7 heteroatoms. The smallest absolute Gasteiger partial charge is 0.257 e. The Kier molecular flexibility index (Phi) is 4.61. The predicted molar refractivity (Wildman–Crippen MR) is 106 cm³/mol. The third-order valence-electron chi connectivity index (χ3n) is 5.21. The Labute approximate surface area is 163 Å². The highest BCUT2D eigenvalue weighted by Crippen LogP contribution is 2.29. The van der Waals surface area contributed by atoms with Crippen molar-refractivity contribution in [2.24, 2.45) is 0 Å². The van der Waals surface area contributed by atoms with Crippen LogP contribution >= 0.6 is 11.6 Å². The molecule has 0 spiro atoms. The summed E-state index contributed by atoms with van der Waals surface area (Å²) in [5, 5.41) is 5.35. The number of likely N-dealkylation sites (N-methyl/N-ethyl adjacent to an activating group) is 1. The number of benzene rings is 1. The van der Waals surface area contributed by atoms with Crippen molar-refractivity contribution in [3.05, 3.63) is 52.4 Å². The normalized spacial score (nSPS) is 15.5. The molecule has 0 bridgehead atoms. The van der Waals surface area contributed by atoms with E-state index in [4.69, 9.17) is 11.6 Å². The standard InChI is InChI=1S/C20H22ClN5O/c1-13-18(15-4-6-16(21)7-5-15)19-22-12-17(14(2)26(19)23-13)20(27)25-10-8-24(3)9-11-25/h4-7,12H,8-11H2,1-3H3. The Hall–Kier alpha value is -2.44. The zero-order chi connectivity index (χ0) is 19.1. The number of halogens is 1. The Balaban J connectivity index is 1.75. The first-order valence-corrected chi connectivity index (χ1v) is 9.42. The highest BCUT2D eigenvalue weighted by Gasteiger charge is 2.24. The van der Waals surface area contributed by atoms with Crippen LogP contribution in [-0.2, 0) is 0 Å². The van der Waals surface area contributed by atoms with Crippen molar-refractivity contribution in [3.63, 3.8) is 0 Å². The molecule has 1 amide bonds. The first-order valence-electron chi connectivity index (χ1n) is 9.04. The van der Waals surface area contributed by atoms with Crippen LogP contribution in [0.5, 0.6) is 0 Å². The average molecular weight is 384 g/mol. The van der Waals surface area contributed by atoms with Gasteiger partial charge in [-0.2, -0.15) is 5.10 Å². The molecule has 6 nitrogen and oxygen atoms in total. The number of amides is 1. The van der Waals surface area contributed by atoms with Crippen LogP contribution in [-0.4, -0.2) is 63.5 Å². The maximum absolute atomic E-state index is 13.0. The summed E-state index contributed by atoms with van der Waals surface area (Å²) in [5.41, 5.74) is 5.02. The molecular weight excluding hydrogens is 362 g/mol. The van der Waals surface area contributed by atoms with Crippen molar-refractivity contribution >= 4 is 23.2 Å². The van der Waals surface area contributed by atoms with Crippen LogP contribution in [0.1, 0.15) is 21.7 Å². The summed E-state index contributed by atoms with van der Waals surface area (Å²) in [7, 11) is 2.07. The van der Waals surface area contributed by atoms with Gasteiger partial charge in [-0.15, -0.1) is 0 Å². The Morgan fingerprint density at radius 1 is 1.07 bits per heavy atom. The molecule has 3 aromatic rings. The van der Waals surface area contributed by atoms with Crippen molar-refractivity contribution in [1.82, 2.24) is 24.4 Å². The molecule has 1 aliphatic heterocycles. The molecule has 140 valence electrons. The van der Waals surface area contributed by atoms with Crippen LogP contribution in [0.2, 0.25) is 5.02 Å². The van der Waals surface area contributed by atoms with Gasteiger partial charge < -0.3 is 9.80 Å². The van der Waals surface area contributed by atoms with Crippen LogP contribution in [0, 0.1) is 13.8 Å². The quantitative estimate of drug-likeness (QED) is 0.682. The van der Waals surface area contributed by atoms with Crippen LogP contribution in [0.25, 0.3) is 16.8 Å². The van der Waals surface area contributed by atoms with Gasteiger partial charge in [-0.3, -0.25) is 4.79 Å². The highest BCUT2D eigenvalue weighted by atomic mass is 35.5. The van der Waals surface area contributed by atoms with E-state index in [0.29, 0.717) is 10.6 Å². The molecular formula is C20H22ClN5O. The second kappa shape index (κ2) is 6.94. The minimum absolute atomic E-state index is 0.0243. The maximum atomic E-state index is 13.0. The third kappa shape index (κ3) is 3.19. The van der Waals surface area contributed by atoms with Crippen molar-refractivity contribution in [3.8, 4) is 11.1 Å². The van der Waals surface area contributed by atoms with Gasteiger partial charge >= 0.3 is 0 Å². The number of hydrogen-bond donors (Lipinski definition) is 0. The Morgan fingerprint density at radius 3 is 2.41 bits per heavy atom. The maximum Gasteiger partial charge on any atom is 0.257 e. The van der Waals surface area contributed by atoms with E-state index >= 15 is 0 Å². The molecule has 1 saturated heterocycles. The summed E-state index contributed by atoms with van der Waals surface area (Å²) in [5.74, 6) is 0.0243. The van der Waals surface area contributed by atoms with E-state index in [2.05, 4.69) is 22.0 Å². The predicted octanol–water partition coefficient (Wildman–Crippen LogP) is 3.05. The van der Waals surface area contributed by atoms with Gasteiger partial charge in [-0.05, 0) is 38.6 Å². The van der Waals surface area contributed by atoms with E-state index in [-0.39, 0.29) is 5.91 Å². The van der Waals surface area contributed by atoms with Gasteiger partial charge in [0, 0.05) is 43.0 Å². The second-order valence-corrected chi connectivity index (χ2v) is 7.49. The Bertz CT molecular complexity index is 1000. The number of nitrogens with zero attached hydrogens (tertiary/aromatic N) is 5. The largest absolute Gasteiger partial charge is 0.336 e. The second-order valence-electron chi connectivity index (χ2n) is 7.06. The van der Waals surface area contributed by atoms with Crippen LogP contribution in [0.3, 0.4) is 0 Å². The van der Waals surface area contributed by atoms with Crippen LogP contribution in [0.4, 0.5) is 0 Å². The minimum Gasteiger partial charge on any atom is -0.336 e. The molecule has 0 unspecified atom stereocenters. The molecule has 1 aromatic carbocycles. The molecule has 0 saturated carbocycles.